The van der Waals surface area contributed by atoms with E-state index >= 15 is 0 Å². The zero-order valence-electron chi connectivity index (χ0n) is 12.0. The van der Waals surface area contributed by atoms with Gasteiger partial charge in [-0.15, -0.1) is 0 Å². The van der Waals surface area contributed by atoms with Gasteiger partial charge in [-0.3, -0.25) is 4.99 Å². The van der Waals surface area contributed by atoms with Gasteiger partial charge in [0, 0.05) is 6.61 Å². The summed E-state index contributed by atoms with van der Waals surface area (Å²) in [6.45, 7) is 11.2. The topological polar surface area (TPSA) is 47.6 Å². The Kier molecular flexibility index (Phi) is 4.59. The first-order valence-electron chi connectivity index (χ1n) is 6.79. The minimum Gasteiger partial charge on any atom is -0.385 e. The summed E-state index contributed by atoms with van der Waals surface area (Å²) in [4.78, 5) is 4.63. The van der Waals surface area contributed by atoms with Crippen LogP contribution < -0.4 is 5.73 Å². The largest absolute Gasteiger partial charge is 0.385 e. The molecule has 0 amide bonds. The monoisotopic (exact) mass is 240 g/mol. The molecule has 3 heteroatoms. The van der Waals surface area contributed by atoms with Crippen molar-refractivity contribution in [2.24, 2.45) is 16.6 Å². The number of hydrogen-bond donors (Lipinski definition) is 1. The summed E-state index contributed by atoms with van der Waals surface area (Å²) in [7, 11) is 0. The Balaban J connectivity index is 2.94. The minimum absolute atomic E-state index is 0.130. The number of ether oxygens (including phenoxy) is 1. The van der Waals surface area contributed by atoms with Crippen molar-refractivity contribution in [2.45, 2.75) is 71.4 Å². The second-order valence-electron chi connectivity index (χ2n) is 6.30. The van der Waals surface area contributed by atoms with E-state index in [9.17, 15) is 0 Å². The molecule has 0 spiro atoms. The van der Waals surface area contributed by atoms with Crippen molar-refractivity contribution in [1.82, 2.24) is 0 Å². The van der Waals surface area contributed by atoms with Gasteiger partial charge >= 0.3 is 0 Å². The highest BCUT2D eigenvalue weighted by Gasteiger charge is 2.39. The first-order chi connectivity index (χ1) is 7.79. The molecule has 0 radical (unpaired) electrons. The molecule has 0 bridgehead atoms. The molecule has 17 heavy (non-hydrogen) atoms. The highest BCUT2D eigenvalue weighted by Crippen LogP contribution is 2.36. The van der Waals surface area contributed by atoms with Gasteiger partial charge in [-0.2, -0.15) is 0 Å². The molecule has 0 saturated heterocycles. The number of amidine groups is 1. The molecule has 1 saturated carbocycles. The Morgan fingerprint density at radius 3 is 2.59 bits per heavy atom. The molecule has 1 aliphatic rings. The molecule has 1 aliphatic carbocycles. The highest BCUT2D eigenvalue weighted by molar-refractivity contribution is 5.89. The van der Waals surface area contributed by atoms with Gasteiger partial charge in [-0.05, 0) is 52.9 Å². The van der Waals surface area contributed by atoms with Crippen molar-refractivity contribution >= 4 is 5.84 Å². The number of hydrogen-bond acceptors (Lipinski definition) is 2. The Morgan fingerprint density at radius 1 is 1.47 bits per heavy atom. The third-order valence-electron chi connectivity index (χ3n) is 3.30. The molecule has 0 aromatic rings. The van der Waals surface area contributed by atoms with Gasteiger partial charge in [-0.25, -0.2) is 0 Å². The third-order valence-corrected chi connectivity index (χ3v) is 3.30. The van der Waals surface area contributed by atoms with Crippen LogP contribution in [-0.2, 0) is 4.74 Å². The lowest BCUT2D eigenvalue weighted by Gasteiger charge is -2.40. The van der Waals surface area contributed by atoms with Crippen LogP contribution in [0.3, 0.4) is 0 Å². The van der Waals surface area contributed by atoms with Crippen LogP contribution in [0.4, 0.5) is 0 Å². The maximum atomic E-state index is 6.24. The van der Waals surface area contributed by atoms with Crippen LogP contribution in [-0.4, -0.2) is 23.6 Å². The van der Waals surface area contributed by atoms with E-state index in [0.29, 0.717) is 18.4 Å². The fraction of sp³-hybridized carbons (Fsp3) is 0.929. The SMILES string of the molecule is CCOC1(C(N)=NC(C)(C)C)CCCC(C)C1. The molecule has 0 aromatic carbocycles. The number of nitrogens with zero attached hydrogens (tertiary/aromatic N) is 1. The average molecular weight is 240 g/mol. The third kappa shape index (κ3) is 3.98. The highest BCUT2D eigenvalue weighted by atomic mass is 16.5. The van der Waals surface area contributed by atoms with Gasteiger partial charge in [0.05, 0.1) is 5.54 Å². The molecule has 2 atom stereocenters. The first-order valence-corrected chi connectivity index (χ1v) is 6.79. The molecule has 100 valence electrons. The Hall–Kier alpha value is -0.570. The summed E-state index contributed by atoms with van der Waals surface area (Å²) in [6.07, 6.45) is 4.47. The summed E-state index contributed by atoms with van der Waals surface area (Å²) in [5.41, 5.74) is 5.81. The normalized spacial score (nSPS) is 31.6. The van der Waals surface area contributed by atoms with Gasteiger partial charge in [-0.1, -0.05) is 13.3 Å². The van der Waals surface area contributed by atoms with Gasteiger partial charge in [0.1, 0.15) is 11.4 Å². The average Bonchev–Trinajstić information content (AvgIpc) is 2.15. The summed E-state index contributed by atoms with van der Waals surface area (Å²) in [5, 5.41) is 0. The molecule has 3 nitrogen and oxygen atoms in total. The molecule has 1 fully saturated rings. The first kappa shape index (κ1) is 14.5. The second kappa shape index (κ2) is 5.38. The van der Waals surface area contributed by atoms with Gasteiger partial charge < -0.3 is 10.5 Å². The molecule has 2 N–H and O–H groups in total. The summed E-state index contributed by atoms with van der Waals surface area (Å²) in [5.74, 6) is 1.36. The quantitative estimate of drug-likeness (QED) is 0.608. The molecule has 0 aromatic heterocycles. The Bertz CT molecular complexity index is 276. The zero-order chi connectivity index (χ0) is 13.1. The standard InChI is InChI=1S/C14H28N2O/c1-6-17-14(9-7-8-11(2)10-14)12(15)16-13(3,4)5/h11H,6-10H2,1-5H3,(H2,15,16). The van der Waals surface area contributed by atoms with Crippen LogP contribution in [0.25, 0.3) is 0 Å². The lowest BCUT2D eigenvalue weighted by molar-refractivity contribution is -0.0250. The van der Waals surface area contributed by atoms with Crippen molar-refractivity contribution in [3.05, 3.63) is 0 Å². The van der Waals surface area contributed by atoms with E-state index in [1.165, 1.54) is 12.8 Å². The van der Waals surface area contributed by atoms with Crippen LogP contribution in [0.5, 0.6) is 0 Å². The summed E-state index contributed by atoms with van der Waals surface area (Å²) in [6, 6.07) is 0. The van der Waals surface area contributed by atoms with E-state index in [0.717, 1.165) is 12.8 Å². The van der Waals surface area contributed by atoms with Crippen LogP contribution >= 0.6 is 0 Å². The minimum atomic E-state index is -0.306. The van der Waals surface area contributed by atoms with Crippen LogP contribution in [0, 0.1) is 5.92 Å². The van der Waals surface area contributed by atoms with Gasteiger partial charge in [0.2, 0.25) is 0 Å². The van der Waals surface area contributed by atoms with E-state index in [4.69, 9.17) is 10.5 Å². The lowest BCUT2D eigenvalue weighted by Crippen LogP contribution is -2.50. The van der Waals surface area contributed by atoms with Crippen molar-refractivity contribution in [3.63, 3.8) is 0 Å². The van der Waals surface area contributed by atoms with E-state index in [-0.39, 0.29) is 11.1 Å². The van der Waals surface area contributed by atoms with Crippen LogP contribution in [0.1, 0.15) is 60.3 Å². The van der Waals surface area contributed by atoms with Crippen LogP contribution in [0.2, 0.25) is 0 Å². The van der Waals surface area contributed by atoms with Crippen molar-refractivity contribution in [2.75, 3.05) is 6.61 Å². The van der Waals surface area contributed by atoms with Crippen molar-refractivity contribution in [1.29, 1.82) is 0 Å². The maximum absolute atomic E-state index is 6.24. The fourth-order valence-electron chi connectivity index (χ4n) is 2.68. The smallest absolute Gasteiger partial charge is 0.127 e. The predicted octanol–water partition coefficient (Wildman–Crippen LogP) is 3.13. The van der Waals surface area contributed by atoms with E-state index < -0.39 is 0 Å². The van der Waals surface area contributed by atoms with Crippen molar-refractivity contribution in [3.8, 4) is 0 Å². The lowest BCUT2D eigenvalue weighted by atomic mass is 9.78. The van der Waals surface area contributed by atoms with Gasteiger partial charge in [0.25, 0.3) is 0 Å². The number of rotatable bonds is 3. The Labute approximate surface area is 106 Å². The van der Waals surface area contributed by atoms with Crippen LogP contribution in [0.15, 0.2) is 4.99 Å². The van der Waals surface area contributed by atoms with Crippen molar-refractivity contribution < 1.29 is 4.74 Å². The predicted molar refractivity (Wildman–Crippen MR) is 73.4 cm³/mol. The molecule has 0 aliphatic heterocycles. The molecular formula is C14H28N2O. The van der Waals surface area contributed by atoms with Gasteiger partial charge in [0.15, 0.2) is 0 Å². The second-order valence-corrected chi connectivity index (χ2v) is 6.30. The zero-order valence-corrected chi connectivity index (χ0v) is 12.0. The summed E-state index contributed by atoms with van der Waals surface area (Å²) >= 11 is 0. The number of nitrogens with two attached hydrogens (primary N) is 1. The fourth-order valence-corrected chi connectivity index (χ4v) is 2.68. The molecule has 2 unspecified atom stereocenters. The summed E-state index contributed by atoms with van der Waals surface area (Å²) < 4.78 is 5.99. The molecule has 1 rings (SSSR count). The van der Waals surface area contributed by atoms with E-state index in [2.05, 4.69) is 32.7 Å². The number of aliphatic imine (C=N–C) groups is 1. The maximum Gasteiger partial charge on any atom is 0.127 e. The molecular weight excluding hydrogens is 212 g/mol. The van der Waals surface area contributed by atoms with E-state index in [1.807, 2.05) is 6.92 Å². The molecule has 0 heterocycles. The Morgan fingerprint density at radius 2 is 2.12 bits per heavy atom. The van der Waals surface area contributed by atoms with E-state index in [1.54, 1.807) is 0 Å².